The zero-order valence-corrected chi connectivity index (χ0v) is 11.3. The van der Waals surface area contributed by atoms with E-state index in [0.717, 1.165) is 23.2 Å². The quantitative estimate of drug-likeness (QED) is 0.921. The van der Waals surface area contributed by atoms with Crippen LogP contribution in [0.15, 0.2) is 30.5 Å². The molecule has 0 saturated heterocycles. The molecule has 5 nitrogen and oxygen atoms in total. The van der Waals surface area contributed by atoms with Gasteiger partial charge in [-0.3, -0.25) is 4.72 Å². The fourth-order valence-electron chi connectivity index (χ4n) is 1.57. The molecule has 1 aromatic carbocycles. The highest BCUT2D eigenvalue weighted by Crippen LogP contribution is 2.15. The molecule has 0 amide bonds. The Hall–Kier alpha value is -1.82. The predicted molar refractivity (Wildman–Crippen MR) is 71.5 cm³/mol. The molecule has 0 aliphatic heterocycles. The Morgan fingerprint density at radius 2 is 1.78 bits per heavy atom. The van der Waals surface area contributed by atoms with Gasteiger partial charge in [-0.05, 0) is 43.7 Å². The predicted octanol–water partition coefficient (Wildman–Crippen LogP) is 1.86. The summed E-state index contributed by atoms with van der Waals surface area (Å²) in [5.74, 6) is 0. The Bertz CT molecular complexity index is 638. The second kappa shape index (κ2) is 4.45. The van der Waals surface area contributed by atoms with Gasteiger partial charge in [-0.15, -0.1) is 0 Å². The highest BCUT2D eigenvalue weighted by Gasteiger charge is 2.04. The lowest BCUT2D eigenvalue weighted by Crippen LogP contribution is -2.09. The van der Waals surface area contributed by atoms with Gasteiger partial charge in [0.15, 0.2) is 0 Å². The SMILES string of the molecule is Cc1cn(-c2ccc(NS(C)(=O)=O)cc2)nc1C. The Balaban J connectivity index is 2.27. The van der Waals surface area contributed by atoms with Gasteiger partial charge >= 0.3 is 0 Å². The second-order valence-electron chi connectivity index (χ2n) is 4.26. The van der Waals surface area contributed by atoms with Gasteiger partial charge in [-0.25, -0.2) is 13.1 Å². The Kier molecular flexibility index (Phi) is 3.13. The minimum Gasteiger partial charge on any atom is -0.284 e. The maximum Gasteiger partial charge on any atom is 0.229 e. The van der Waals surface area contributed by atoms with Gasteiger partial charge in [0.2, 0.25) is 10.0 Å². The van der Waals surface area contributed by atoms with Crippen molar-refractivity contribution in [1.29, 1.82) is 0 Å². The molecule has 2 aromatic rings. The van der Waals surface area contributed by atoms with Gasteiger partial charge in [0.05, 0.1) is 17.6 Å². The van der Waals surface area contributed by atoms with Crippen LogP contribution in [0.4, 0.5) is 5.69 Å². The standard InChI is InChI=1S/C12H15N3O2S/c1-9-8-15(13-10(9)2)12-6-4-11(5-7-12)14-18(3,16)17/h4-8,14H,1-3H3. The molecule has 0 atom stereocenters. The van der Waals surface area contributed by atoms with Crippen molar-refractivity contribution in [2.45, 2.75) is 13.8 Å². The van der Waals surface area contributed by atoms with Crippen molar-refractivity contribution in [3.63, 3.8) is 0 Å². The normalized spacial score (nSPS) is 11.5. The summed E-state index contributed by atoms with van der Waals surface area (Å²) >= 11 is 0. The van der Waals surface area contributed by atoms with Gasteiger partial charge in [-0.2, -0.15) is 5.10 Å². The molecule has 0 aliphatic rings. The third-order valence-electron chi connectivity index (χ3n) is 2.58. The van der Waals surface area contributed by atoms with E-state index in [1.165, 1.54) is 0 Å². The van der Waals surface area contributed by atoms with Gasteiger partial charge in [0.1, 0.15) is 0 Å². The maximum atomic E-state index is 11.1. The lowest BCUT2D eigenvalue weighted by molar-refractivity contribution is 0.607. The van der Waals surface area contributed by atoms with Crippen molar-refractivity contribution in [2.24, 2.45) is 0 Å². The van der Waals surface area contributed by atoms with E-state index < -0.39 is 10.0 Å². The molecular formula is C12H15N3O2S. The molecule has 0 bridgehead atoms. The largest absolute Gasteiger partial charge is 0.284 e. The summed E-state index contributed by atoms with van der Waals surface area (Å²) < 4.78 is 26.3. The zero-order chi connectivity index (χ0) is 13.3. The van der Waals surface area contributed by atoms with Crippen molar-refractivity contribution in [1.82, 2.24) is 9.78 Å². The van der Waals surface area contributed by atoms with E-state index in [0.29, 0.717) is 5.69 Å². The molecule has 0 aliphatic carbocycles. The molecule has 96 valence electrons. The first kappa shape index (κ1) is 12.6. The number of benzene rings is 1. The van der Waals surface area contributed by atoms with Crippen molar-refractivity contribution < 1.29 is 8.42 Å². The van der Waals surface area contributed by atoms with E-state index in [1.807, 2.05) is 32.2 Å². The Morgan fingerprint density at radius 3 is 2.22 bits per heavy atom. The van der Waals surface area contributed by atoms with Crippen molar-refractivity contribution in [2.75, 3.05) is 11.0 Å². The number of hydrogen-bond donors (Lipinski definition) is 1. The number of nitrogens with zero attached hydrogens (tertiary/aromatic N) is 2. The highest BCUT2D eigenvalue weighted by molar-refractivity contribution is 7.92. The molecule has 18 heavy (non-hydrogen) atoms. The fourth-order valence-corrected chi connectivity index (χ4v) is 2.14. The number of nitrogens with one attached hydrogen (secondary N) is 1. The number of aryl methyl sites for hydroxylation is 2. The molecule has 0 saturated carbocycles. The lowest BCUT2D eigenvalue weighted by Gasteiger charge is -2.05. The van der Waals surface area contributed by atoms with Crippen LogP contribution in [0.5, 0.6) is 0 Å². The summed E-state index contributed by atoms with van der Waals surface area (Å²) in [5, 5.41) is 4.36. The van der Waals surface area contributed by atoms with Crippen molar-refractivity contribution >= 4 is 15.7 Å². The van der Waals surface area contributed by atoms with Gasteiger partial charge < -0.3 is 0 Å². The summed E-state index contributed by atoms with van der Waals surface area (Å²) in [6.07, 6.45) is 3.06. The maximum absolute atomic E-state index is 11.1. The summed E-state index contributed by atoms with van der Waals surface area (Å²) in [5.41, 5.74) is 3.54. The number of hydrogen-bond acceptors (Lipinski definition) is 3. The van der Waals surface area contributed by atoms with Crippen LogP contribution in [0.3, 0.4) is 0 Å². The highest BCUT2D eigenvalue weighted by atomic mass is 32.2. The van der Waals surface area contributed by atoms with Crippen LogP contribution in [0.25, 0.3) is 5.69 Å². The smallest absolute Gasteiger partial charge is 0.229 e. The van der Waals surface area contributed by atoms with Crippen LogP contribution in [-0.2, 0) is 10.0 Å². The summed E-state index contributed by atoms with van der Waals surface area (Å²) in [6.45, 7) is 3.95. The van der Waals surface area contributed by atoms with Gasteiger partial charge in [0.25, 0.3) is 0 Å². The molecule has 1 heterocycles. The van der Waals surface area contributed by atoms with E-state index >= 15 is 0 Å². The van der Waals surface area contributed by atoms with E-state index in [-0.39, 0.29) is 0 Å². The van der Waals surface area contributed by atoms with Gasteiger partial charge in [0, 0.05) is 11.9 Å². The number of rotatable bonds is 3. The first-order chi connectivity index (χ1) is 8.35. The third kappa shape index (κ3) is 2.89. The molecule has 1 aromatic heterocycles. The molecule has 0 spiro atoms. The van der Waals surface area contributed by atoms with Gasteiger partial charge in [-0.1, -0.05) is 0 Å². The zero-order valence-electron chi connectivity index (χ0n) is 10.5. The topological polar surface area (TPSA) is 64.0 Å². The first-order valence-corrected chi connectivity index (χ1v) is 7.35. The van der Waals surface area contributed by atoms with Crippen LogP contribution in [0.2, 0.25) is 0 Å². The summed E-state index contributed by atoms with van der Waals surface area (Å²) in [7, 11) is -3.23. The third-order valence-corrected chi connectivity index (χ3v) is 3.19. The van der Waals surface area contributed by atoms with Crippen molar-refractivity contribution in [3.05, 3.63) is 41.7 Å². The number of sulfonamides is 1. The number of aromatic nitrogens is 2. The molecular weight excluding hydrogens is 250 g/mol. The van der Waals surface area contributed by atoms with Crippen LogP contribution in [0, 0.1) is 13.8 Å². The van der Waals surface area contributed by atoms with Crippen LogP contribution >= 0.6 is 0 Å². The van der Waals surface area contributed by atoms with Crippen molar-refractivity contribution in [3.8, 4) is 5.69 Å². The summed E-state index contributed by atoms with van der Waals surface area (Å²) in [4.78, 5) is 0. The van der Waals surface area contributed by atoms with E-state index in [1.54, 1.807) is 16.8 Å². The Labute approximate surface area is 107 Å². The minimum absolute atomic E-state index is 0.543. The van der Waals surface area contributed by atoms with Crippen LogP contribution < -0.4 is 4.72 Å². The van der Waals surface area contributed by atoms with E-state index in [9.17, 15) is 8.42 Å². The van der Waals surface area contributed by atoms with Crippen LogP contribution in [-0.4, -0.2) is 24.5 Å². The summed E-state index contributed by atoms with van der Waals surface area (Å²) in [6, 6.07) is 7.06. The Morgan fingerprint density at radius 1 is 1.17 bits per heavy atom. The first-order valence-electron chi connectivity index (χ1n) is 5.46. The molecule has 2 rings (SSSR count). The fraction of sp³-hybridized carbons (Fsp3) is 0.250. The second-order valence-corrected chi connectivity index (χ2v) is 6.01. The molecule has 0 unspecified atom stereocenters. The lowest BCUT2D eigenvalue weighted by atomic mass is 10.3. The average Bonchev–Trinajstić information content (AvgIpc) is 2.58. The minimum atomic E-state index is -3.23. The number of anilines is 1. The van der Waals surface area contributed by atoms with E-state index in [2.05, 4.69) is 9.82 Å². The van der Waals surface area contributed by atoms with E-state index in [4.69, 9.17) is 0 Å². The molecule has 0 radical (unpaired) electrons. The van der Waals surface area contributed by atoms with Crippen LogP contribution in [0.1, 0.15) is 11.3 Å². The average molecular weight is 265 g/mol. The molecule has 6 heteroatoms. The molecule has 0 fully saturated rings. The monoisotopic (exact) mass is 265 g/mol. The molecule has 1 N–H and O–H groups in total.